The summed E-state index contributed by atoms with van der Waals surface area (Å²) in [6.45, 7) is 3.59. The second-order valence-corrected chi connectivity index (χ2v) is 3.62. The van der Waals surface area contributed by atoms with Crippen molar-refractivity contribution in [1.29, 1.82) is 0 Å². The summed E-state index contributed by atoms with van der Waals surface area (Å²) in [6, 6.07) is 1.47. The highest BCUT2D eigenvalue weighted by molar-refractivity contribution is 5.24. The van der Waals surface area contributed by atoms with Gasteiger partial charge in [0.15, 0.2) is 0 Å². The quantitative estimate of drug-likeness (QED) is 0.558. The van der Waals surface area contributed by atoms with Crippen LogP contribution in [-0.4, -0.2) is 37.2 Å². The number of likely N-dealkylation sites (N-methyl/N-ethyl adjacent to an activating group) is 1. The summed E-state index contributed by atoms with van der Waals surface area (Å²) < 4.78 is 0. The second-order valence-electron chi connectivity index (χ2n) is 3.62. The van der Waals surface area contributed by atoms with Gasteiger partial charge in [0.25, 0.3) is 5.56 Å². The largest absolute Gasteiger partial charge is 0.350 e. The van der Waals surface area contributed by atoms with Crippen molar-refractivity contribution >= 4 is 5.95 Å². The molecule has 1 rings (SSSR count). The molecule has 0 aliphatic rings. The molecule has 0 aliphatic heterocycles. The smallest absolute Gasteiger partial charge is 0.252 e. The first-order valence-electron chi connectivity index (χ1n) is 4.69. The number of aromatic nitrogens is 2. The van der Waals surface area contributed by atoms with Crippen molar-refractivity contribution in [3.8, 4) is 0 Å². The number of nitrogens with zero attached hydrogens (tertiary/aromatic N) is 1. The average Bonchev–Trinajstić information content (AvgIpc) is 2.01. The first-order valence-corrected chi connectivity index (χ1v) is 4.69. The molecule has 5 heteroatoms. The molecule has 14 heavy (non-hydrogen) atoms. The molecular formula is C9H17N4O+. The van der Waals surface area contributed by atoms with Crippen LogP contribution in [0.15, 0.2) is 10.9 Å². The van der Waals surface area contributed by atoms with E-state index in [4.69, 9.17) is 0 Å². The van der Waals surface area contributed by atoms with Crippen molar-refractivity contribution in [2.75, 3.05) is 32.5 Å². The van der Waals surface area contributed by atoms with E-state index in [1.165, 1.54) is 11.0 Å². The minimum absolute atomic E-state index is 0.114. The highest BCUT2D eigenvalue weighted by atomic mass is 16.1. The highest BCUT2D eigenvalue weighted by Crippen LogP contribution is 1.93. The Kier molecular flexibility index (Phi) is 3.64. The Morgan fingerprint density at radius 1 is 1.57 bits per heavy atom. The van der Waals surface area contributed by atoms with E-state index < -0.39 is 0 Å². The molecule has 78 valence electrons. The number of aryl methyl sites for hydroxylation is 1. The van der Waals surface area contributed by atoms with Gasteiger partial charge in [0.1, 0.15) is 0 Å². The lowest BCUT2D eigenvalue weighted by atomic mass is 10.4. The Morgan fingerprint density at radius 2 is 2.29 bits per heavy atom. The third-order valence-electron chi connectivity index (χ3n) is 1.79. The first-order chi connectivity index (χ1) is 6.58. The van der Waals surface area contributed by atoms with Crippen LogP contribution in [0.25, 0.3) is 0 Å². The van der Waals surface area contributed by atoms with Gasteiger partial charge in [-0.1, -0.05) is 0 Å². The lowest BCUT2D eigenvalue weighted by molar-refractivity contribution is -0.856. The zero-order valence-corrected chi connectivity index (χ0v) is 8.85. The number of anilines is 1. The molecule has 1 aromatic rings. The van der Waals surface area contributed by atoms with Crippen LogP contribution in [0.4, 0.5) is 5.95 Å². The molecule has 0 saturated carbocycles. The molecule has 0 unspecified atom stereocenters. The maximum absolute atomic E-state index is 11.1. The predicted molar refractivity (Wildman–Crippen MR) is 55.8 cm³/mol. The minimum atomic E-state index is -0.114. The zero-order chi connectivity index (χ0) is 10.6. The van der Waals surface area contributed by atoms with Crippen LogP contribution in [0.2, 0.25) is 0 Å². The van der Waals surface area contributed by atoms with Gasteiger partial charge < -0.3 is 10.2 Å². The molecule has 0 saturated heterocycles. The van der Waals surface area contributed by atoms with E-state index in [1.54, 1.807) is 6.92 Å². The normalized spacial score (nSPS) is 10.6. The third kappa shape index (κ3) is 3.57. The Morgan fingerprint density at radius 3 is 2.86 bits per heavy atom. The highest BCUT2D eigenvalue weighted by Gasteiger charge is 1.98. The van der Waals surface area contributed by atoms with Crippen molar-refractivity contribution in [1.82, 2.24) is 9.97 Å². The molecule has 0 fully saturated rings. The van der Waals surface area contributed by atoms with Crippen molar-refractivity contribution in [3.63, 3.8) is 0 Å². The van der Waals surface area contributed by atoms with Gasteiger partial charge in [-0.25, -0.2) is 4.98 Å². The average molecular weight is 197 g/mol. The fourth-order valence-electron chi connectivity index (χ4n) is 1.09. The minimum Gasteiger partial charge on any atom is -0.350 e. The molecule has 1 heterocycles. The van der Waals surface area contributed by atoms with E-state index in [9.17, 15) is 4.79 Å². The van der Waals surface area contributed by atoms with Crippen LogP contribution < -0.4 is 15.8 Å². The number of rotatable bonds is 4. The lowest BCUT2D eigenvalue weighted by Gasteiger charge is -2.08. The van der Waals surface area contributed by atoms with E-state index in [0.29, 0.717) is 5.95 Å². The van der Waals surface area contributed by atoms with Gasteiger partial charge >= 0.3 is 0 Å². The summed E-state index contributed by atoms with van der Waals surface area (Å²) in [7, 11) is 4.15. The molecule has 0 amide bonds. The maximum Gasteiger partial charge on any atom is 0.252 e. The van der Waals surface area contributed by atoms with E-state index >= 15 is 0 Å². The number of H-pyrrole nitrogens is 1. The van der Waals surface area contributed by atoms with E-state index in [0.717, 1.165) is 18.8 Å². The lowest BCUT2D eigenvalue weighted by Crippen LogP contribution is -3.06. The second kappa shape index (κ2) is 4.76. The van der Waals surface area contributed by atoms with Crippen molar-refractivity contribution in [2.45, 2.75) is 6.92 Å². The van der Waals surface area contributed by atoms with Crippen LogP contribution in [0.1, 0.15) is 5.69 Å². The Bertz CT molecular complexity index is 345. The van der Waals surface area contributed by atoms with E-state index in [2.05, 4.69) is 29.4 Å². The van der Waals surface area contributed by atoms with Crippen molar-refractivity contribution in [2.24, 2.45) is 0 Å². The summed E-state index contributed by atoms with van der Waals surface area (Å²) in [5.41, 5.74) is 0.616. The van der Waals surface area contributed by atoms with Crippen LogP contribution in [0.5, 0.6) is 0 Å². The van der Waals surface area contributed by atoms with E-state index in [-0.39, 0.29) is 5.56 Å². The predicted octanol–water partition coefficient (Wildman–Crippen LogP) is -1.37. The number of hydrogen-bond donors (Lipinski definition) is 3. The maximum atomic E-state index is 11.1. The van der Waals surface area contributed by atoms with Gasteiger partial charge in [-0.05, 0) is 6.92 Å². The zero-order valence-electron chi connectivity index (χ0n) is 8.85. The van der Waals surface area contributed by atoms with Crippen molar-refractivity contribution < 1.29 is 4.90 Å². The number of hydrogen-bond acceptors (Lipinski definition) is 3. The Labute approximate surface area is 83.2 Å². The van der Waals surface area contributed by atoms with Gasteiger partial charge in [-0.2, -0.15) is 0 Å². The first kappa shape index (κ1) is 10.7. The fourth-order valence-corrected chi connectivity index (χ4v) is 1.09. The molecule has 0 spiro atoms. The Balaban J connectivity index is 2.55. The summed E-state index contributed by atoms with van der Waals surface area (Å²) in [5, 5.41) is 3.07. The van der Waals surface area contributed by atoms with Crippen LogP contribution >= 0.6 is 0 Å². The molecule has 0 radical (unpaired) electrons. The van der Waals surface area contributed by atoms with Gasteiger partial charge in [0.05, 0.1) is 27.2 Å². The van der Waals surface area contributed by atoms with Crippen LogP contribution in [0.3, 0.4) is 0 Å². The van der Waals surface area contributed by atoms with E-state index in [1.807, 2.05) is 0 Å². The standard InChI is InChI=1S/C9H16N4O/c1-7-6-8(14)12-9(11-7)10-4-5-13(2)3/h6H,4-5H2,1-3H3,(H2,10,11,12,14)/p+1. The Hall–Kier alpha value is -1.36. The van der Waals surface area contributed by atoms with Gasteiger partial charge in [0, 0.05) is 11.8 Å². The fraction of sp³-hybridized carbons (Fsp3) is 0.556. The van der Waals surface area contributed by atoms with Gasteiger partial charge in [-0.15, -0.1) is 0 Å². The van der Waals surface area contributed by atoms with Crippen LogP contribution in [-0.2, 0) is 0 Å². The molecule has 0 aromatic carbocycles. The summed E-state index contributed by atoms with van der Waals surface area (Å²) >= 11 is 0. The molecule has 0 bridgehead atoms. The molecule has 0 atom stereocenters. The topological polar surface area (TPSA) is 62.2 Å². The third-order valence-corrected chi connectivity index (χ3v) is 1.79. The number of aromatic amines is 1. The number of quaternary nitrogens is 1. The molecule has 0 aliphatic carbocycles. The monoisotopic (exact) mass is 197 g/mol. The number of nitrogens with one attached hydrogen (secondary N) is 3. The van der Waals surface area contributed by atoms with Gasteiger partial charge in [-0.3, -0.25) is 9.78 Å². The molecule has 5 nitrogen and oxygen atoms in total. The molecule has 1 aromatic heterocycles. The van der Waals surface area contributed by atoms with Crippen molar-refractivity contribution in [3.05, 3.63) is 22.1 Å². The SMILES string of the molecule is Cc1cc(=O)[nH]c(NCC[NH+](C)C)n1. The molecule has 3 N–H and O–H groups in total. The van der Waals surface area contributed by atoms with Crippen LogP contribution in [0, 0.1) is 6.92 Å². The summed E-state index contributed by atoms with van der Waals surface area (Å²) in [4.78, 5) is 19.2. The molecular weight excluding hydrogens is 180 g/mol. The summed E-state index contributed by atoms with van der Waals surface area (Å²) in [5.74, 6) is 0.552. The van der Waals surface area contributed by atoms with Gasteiger partial charge in [0.2, 0.25) is 5.95 Å². The summed E-state index contributed by atoms with van der Waals surface area (Å²) in [6.07, 6.45) is 0.